The number of aromatic amines is 1. The van der Waals surface area contributed by atoms with Gasteiger partial charge in [-0.3, -0.25) is 0 Å². The number of nitrogens with two attached hydrogens (primary N) is 1. The quantitative estimate of drug-likeness (QED) is 0.884. The largest absolute Gasteiger partial charge is 0.341 e. The molecular formula is C13H15Cl2N3. The highest BCUT2D eigenvalue weighted by Gasteiger charge is 2.12. The summed E-state index contributed by atoms with van der Waals surface area (Å²) in [5.41, 5.74) is 7.69. The molecule has 0 radical (unpaired) electrons. The zero-order valence-electron chi connectivity index (χ0n) is 10.1. The molecule has 2 rings (SSSR count). The topological polar surface area (TPSA) is 54.7 Å². The maximum atomic E-state index is 6.17. The minimum atomic E-state index is -0.0679. The Hall–Kier alpha value is -1.03. The first-order valence-corrected chi connectivity index (χ1v) is 6.64. The van der Waals surface area contributed by atoms with E-state index in [1.165, 1.54) is 0 Å². The van der Waals surface area contributed by atoms with E-state index in [1.54, 1.807) is 12.3 Å². The van der Waals surface area contributed by atoms with Crippen molar-refractivity contribution in [3.63, 3.8) is 0 Å². The Morgan fingerprint density at radius 1 is 1.39 bits per heavy atom. The molecule has 2 aromatic rings. The molecule has 0 bridgehead atoms. The third kappa shape index (κ3) is 2.69. The van der Waals surface area contributed by atoms with Crippen LogP contribution in [-0.2, 0) is 0 Å². The molecule has 96 valence electrons. The third-order valence-corrected chi connectivity index (χ3v) is 3.61. The zero-order valence-corrected chi connectivity index (χ0v) is 11.6. The van der Waals surface area contributed by atoms with E-state index >= 15 is 0 Å². The Balaban J connectivity index is 2.32. The molecule has 5 heteroatoms. The maximum Gasteiger partial charge on any atom is 0.123 e. The van der Waals surface area contributed by atoms with Crippen LogP contribution in [0.2, 0.25) is 10.0 Å². The van der Waals surface area contributed by atoms with Gasteiger partial charge in [-0.15, -0.1) is 0 Å². The molecule has 0 amide bonds. The molecule has 0 saturated carbocycles. The molecule has 0 aliphatic rings. The van der Waals surface area contributed by atoms with Gasteiger partial charge in [0.2, 0.25) is 0 Å². The van der Waals surface area contributed by atoms with Crippen molar-refractivity contribution in [2.24, 2.45) is 5.73 Å². The fourth-order valence-electron chi connectivity index (χ4n) is 1.82. The lowest BCUT2D eigenvalue weighted by molar-refractivity contribution is 0.609. The number of rotatable bonds is 4. The highest BCUT2D eigenvalue weighted by Crippen LogP contribution is 2.32. The van der Waals surface area contributed by atoms with Gasteiger partial charge in [-0.05, 0) is 12.5 Å². The predicted octanol–water partition coefficient (Wildman–Crippen LogP) is 4.18. The molecule has 1 heterocycles. The van der Waals surface area contributed by atoms with Crippen LogP contribution in [0, 0.1) is 0 Å². The minimum absolute atomic E-state index is 0.0679. The fourth-order valence-corrected chi connectivity index (χ4v) is 2.22. The van der Waals surface area contributed by atoms with Crippen molar-refractivity contribution in [3.8, 4) is 11.3 Å². The molecule has 0 aliphatic heterocycles. The molecule has 18 heavy (non-hydrogen) atoms. The fraction of sp³-hybridized carbons (Fsp3) is 0.308. The van der Waals surface area contributed by atoms with Crippen molar-refractivity contribution in [2.45, 2.75) is 25.8 Å². The lowest BCUT2D eigenvalue weighted by atomic mass is 10.1. The molecule has 1 aromatic carbocycles. The van der Waals surface area contributed by atoms with Gasteiger partial charge in [0.1, 0.15) is 5.82 Å². The normalized spacial score (nSPS) is 12.7. The van der Waals surface area contributed by atoms with Gasteiger partial charge in [-0.25, -0.2) is 4.98 Å². The first-order valence-electron chi connectivity index (χ1n) is 5.88. The van der Waals surface area contributed by atoms with Gasteiger partial charge < -0.3 is 10.7 Å². The number of halogens is 2. The number of benzene rings is 1. The van der Waals surface area contributed by atoms with E-state index in [2.05, 4.69) is 16.9 Å². The van der Waals surface area contributed by atoms with Crippen molar-refractivity contribution in [3.05, 3.63) is 40.3 Å². The van der Waals surface area contributed by atoms with Crippen LogP contribution >= 0.6 is 23.2 Å². The molecule has 3 nitrogen and oxygen atoms in total. The Kier molecular flexibility index (Phi) is 4.27. The van der Waals surface area contributed by atoms with Gasteiger partial charge in [-0.1, -0.05) is 48.7 Å². The van der Waals surface area contributed by atoms with Crippen LogP contribution < -0.4 is 5.73 Å². The lowest BCUT2D eigenvalue weighted by Crippen LogP contribution is -2.11. The number of nitrogens with one attached hydrogen (secondary N) is 1. The molecule has 0 spiro atoms. The summed E-state index contributed by atoms with van der Waals surface area (Å²) in [7, 11) is 0. The Bertz CT molecular complexity index is 537. The Morgan fingerprint density at radius 3 is 2.89 bits per heavy atom. The lowest BCUT2D eigenvalue weighted by Gasteiger charge is -2.06. The van der Waals surface area contributed by atoms with Crippen LogP contribution in [0.15, 0.2) is 24.4 Å². The first-order chi connectivity index (χ1) is 8.63. The standard InChI is InChI=1S/C13H15Cl2N3/c1-2-4-10(16)13-17-7-11(18-13)8-5-3-6-9(14)12(8)15/h3,5-7,10H,2,4,16H2,1H3,(H,17,18). The summed E-state index contributed by atoms with van der Waals surface area (Å²) in [6.07, 6.45) is 3.66. The average Bonchev–Trinajstić information content (AvgIpc) is 2.82. The van der Waals surface area contributed by atoms with Crippen LogP contribution in [-0.4, -0.2) is 9.97 Å². The highest BCUT2D eigenvalue weighted by molar-refractivity contribution is 6.43. The number of aromatic nitrogens is 2. The summed E-state index contributed by atoms with van der Waals surface area (Å²) in [5.74, 6) is 0.780. The SMILES string of the molecule is CCCC(N)c1ncc(-c2cccc(Cl)c2Cl)[nH]1. The summed E-state index contributed by atoms with van der Waals surface area (Å²) in [6.45, 7) is 2.09. The molecule has 3 N–H and O–H groups in total. The molecule has 1 aromatic heterocycles. The number of imidazole rings is 1. The van der Waals surface area contributed by atoms with Gasteiger partial charge in [0.15, 0.2) is 0 Å². The average molecular weight is 284 g/mol. The monoisotopic (exact) mass is 283 g/mol. The number of hydrogen-bond donors (Lipinski definition) is 2. The second-order valence-corrected chi connectivity index (χ2v) is 4.96. The molecule has 0 fully saturated rings. The van der Waals surface area contributed by atoms with E-state index < -0.39 is 0 Å². The van der Waals surface area contributed by atoms with Crippen molar-refractivity contribution in [1.82, 2.24) is 9.97 Å². The van der Waals surface area contributed by atoms with E-state index in [-0.39, 0.29) is 6.04 Å². The van der Waals surface area contributed by atoms with Crippen molar-refractivity contribution < 1.29 is 0 Å². The number of hydrogen-bond acceptors (Lipinski definition) is 2. The van der Waals surface area contributed by atoms with E-state index in [0.29, 0.717) is 10.0 Å². The van der Waals surface area contributed by atoms with Crippen molar-refractivity contribution >= 4 is 23.2 Å². The molecular weight excluding hydrogens is 269 g/mol. The number of H-pyrrole nitrogens is 1. The molecule has 1 unspecified atom stereocenters. The summed E-state index contributed by atoms with van der Waals surface area (Å²) >= 11 is 12.2. The first kappa shape index (κ1) is 13.4. The van der Waals surface area contributed by atoms with Crippen LogP contribution in [0.3, 0.4) is 0 Å². The summed E-state index contributed by atoms with van der Waals surface area (Å²) in [6, 6.07) is 5.45. The summed E-state index contributed by atoms with van der Waals surface area (Å²) < 4.78 is 0. The number of nitrogens with zero attached hydrogens (tertiary/aromatic N) is 1. The molecule has 1 atom stereocenters. The molecule has 0 saturated heterocycles. The zero-order chi connectivity index (χ0) is 13.1. The summed E-state index contributed by atoms with van der Waals surface area (Å²) in [5, 5.41) is 1.06. The molecule has 0 aliphatic carbocycles. The second-order valence-electron chi connectivity index (χ2n) is 4.18. The second kappa shape index (κ2) is 5.74. The van der Waals surface area contributed by atoms with Crippen LogP contribution in [0.1, 0.15) is 31.6 Å². The van der Waals surface area contributed by atoms with Crippen molar-refractivity contribution in [2.75, 3.05) is 0 Å². The van der Waals surface area contributed by atoms with Gasteiger partial charge in [-0.2, -0.15) is 0 Å². The predicted molar refractivity (Wildman–Crippen MR) is 75.9 cm³/mol. The third-order valence-electron chi connectivity index (χ3n) is 2.79. The Labute approximate surface area is 116 Å². The van der Waals surface area contributed by atoms with E-state index in [0.717, 1.165) is 29.9 Å². The maximum absolute atomic E-state index is 6.17. The highest BCUT2D eigenvalue weighted by atomic mass is 35.5. The van der Waals surface area contributed by atoms with Gasteiger partial charge in [0.25, 0.3) is 0 Å². The van der Waals surface area contributed by atoms with E-state index in [4.69, 9.17) is 28.9 Å². The van der Waals surface area contributed by atoms with Gasteiger partial charge in [0, 0.05) is 5.56 Å². The van der Waals surface area contributed by atoms with Gasteiger partial charge in [0.05, 0.1) is 28.0 Å². The van der Waals surface area contributed by atoms with Crippen molar-refractivity contribution in [1.29, 1.82) is 0 Å². The smallest absolute Gasteiger partial charge is 0.123 e. The summed E-state index contributed by atoms with van der Waals surface area (Å²) in [4.78, 5) is 7.50. The van der Waals surface area contributed by atoms with E-state index in [1.807, 2.05) is 12.1 Å². The Morgan fingerprint density at radius 2 is 2.17 bits per heavy atom. The van der Waals surface area contributed by atoms with E-state index in [9.17, 15) is 0 Å². The van der Waals surface area contributed by atoms with Crippen LogP contribution in [0.25, 0.3) is 11.3 Å². The van der Waals surface area contributed by atoms with Crippen LogP contribution in [0.5, 0.6) is 0 Å². The minimum Gasteiger partial charge on any atom is -0.341 e. The van der Waals surface area contributed by atoms with Crippen LogP contribution in [0.4, 0.5) is 0 Å². The van der Waals surface area contributed by atoms with Gasteiger partial charge >= 0.3 is 0 Å².